The smallest absolute Gasteiger partial charge is 0.234 e. The zero-order chi connectivity index (χ0) is 9.40. The highest BCUT2D eigenvalue weighted by Gasteiger charge is 2.04. The van der Waals surface area contributed by atoms with Gasteiger partial charge in [0.05, 0.1) is 6.54 Å². The lowest BCUT2D eigenvalue weighted by Crippen LogP contribution is -2.39. The normalized spacial score (nSPS) is 12.6. The maximum atomic E-state index is 11.0. The fourth-order valence-electron chi connectivity index (χ4n) is 0.830. The zero-order valence-corrected chi connectivity index (χ0v) is 7.76. The molecule has 72 valence electrons. The molecule has 3 N–H and O–H groups in total. The van der Waals surface area contributed by atoms with E-state index in [1.54, 1.807) is 0 Å². The molecule has 1 unspecified atom stereocenters. The molecule has 0 aromatic heterocycles. The van der Waals surface area contributed by atoms with Gasteiger partial charge in [0.25, 0.3) is 0 Å². The van der Waals surface area contributed by atoms with Gasteiger partial charge in [-0.25, -0.2) is 0 Å². The molecule has 1 amide bonds. The molecule has 0 bridgehead atoms. The van der Waals surface area contributed by atoms with Crippen LogP contribution in [-0.2, 0) is 4.79 Å². The molecule has 0 heterocycles. The van der Waals surface area contributed by atoms with Gasteiger partial charge in [0.2, 0.25) is 5.91 Å². The van der Waals surface area contributed by atoms with E-state index in [1.807, 2.05) is 13.8 Å². The molecule has 0 saturated heterocycles. The topological polar surface area (TPSA) is 61.4 Å². The van der Waals surface area contributed by atoms with E-state index in [2.05, 4.69) is 10.6 Å². The van der Waals surface area contributed by atoms with Crippen molar-refractivity contribution in [3.05, 3.63) is 0 Å². The second-order valence-corrected chi connectivity index (χ2v) is 2.76. The Morgan fingerprint density at radius 3 is 2.75 bits per heavy atom. The summed E-state index contributed by atoms with van der Waals surface area (Å²) >= 11 is 0. The van der Waals surface area contributed by atoms with Crippen molar-refractivity contribution >= 4 is 5.91 Å². The number of carbonyl (C=O) groups excluding carboxylic acids is 1. The number of likely N-dealkylation sites (N-methyl/N-ethyl adjacent to an activating group) is 1. The van der Waals surface area contributed by atoms with Crippen molar-refractivity contribution in [2.24, 2.45) is 0 Å². The first kappa shape index (κ1) is 11.4. The summed E-state index contributed by atoms with van der Waals surface area (Å²) in [7, 11) is 0. The van der Waals surface area contributed by atoms with Gasteiger partial charge >= 0.3 is 0 Å². The van der Waals surface area contributed by atoms with Gasteiger partial charge in [0, 0.05) is 12.6 Å². The van der Waals surface area contributed by atoms with Gasteiger partial charge in [-0.15, -0.1) is 0 Å². The van der Waals surface area contributed by atoms with Crippen LogP contribution in [0, 0.1) is 0 Å². The summed E-state index contributed by atoms with van der Waals surface area (Å²) in [6.07, 6.45) is 0.609. The standard InChI is InChI=1S/C8H18N2O2/c1-3-9-6-8(12)10-7(2)4-5-11/h7,9,11H,3-6H2,1-2H3,(H,10,12). The zero-order valence-electron chi connectivity index (χ0n) is 7.76. The number of nitrogens with one attached hydrogen (secondary N) is 2. The van der Waals surface area contributed by atoms with Gasteiger partial charge in [-0.1, -0.05) is 6.92 Å². The number of amides is 1. The molecule has 0 aliphatic heterocycles. The molecule has 0 aliphatic rings. The largest absolute Gasteiger partial charge is 0.396 e. The summed E-state index contributed by atoms with van der Waals surface area (Å²) in [6.45, 7) is 5.08. The van der Waals surface area contributed by atoms with Crippen LogP contribution < -0.4 is 10.6 Å². The van der Waals surface area contributed by atoms with E-state index in [1.165, 1.54) is 0 Å². The van der Waals surface area contributed by atoms with Gasteiger partial charge in [-0.2, -0.15) is 0 Å². The van der Waals surface area contributed by atoms with E-state index in [-0.39, 0.29) is 18.6 Å². The average Bonchev–Trinajstić information content (AvgIpc) is 2.01. The number of carbonyl (C=O) groups is 1. The minimum absolute atomic E-state index is 0.0159. The molecule has 0 radical (unpaired) electrons. The Labute approximate surface area is 73.3 Å². The first-order valence-electron chi connectivity index (χ1n) is 4.31. The van der Waals surface area contributed by atoms with Crippen molar-refractivity contribution in [3.63, 3.8) is 0 Å². The summed E-state index contributed by atoms with van der Waals surface area (Å²) in [5.41, 5.74) is 0. The molecule has 12 heavy (non-hydrogen) atoms. The summed E-state index contributed by atoms with van der Waals surface area (Å²) < 4.78 is 0. The predicted octanol–water partition coefficient (Wildman–Crippen LogP) is -0.517. The number of rotatable bonds is 6. The van der Waals surface area contributed by atoms with Crippen LogP contribution in [0.1, 0.15) is 20.3 Å². The van der Waals surface area contributed by atoms with Gasteiger partial charge in [-0.3, -0.25) is 4.79 Å². The third-order valence-corrected chi connectivity index (χ3v) is 1.51. The molecule has 4 nitrogen and oxygen atoms in total. The quantitative estimate of drug-likeness (QED) is 0.508. The monoisotopic (exact) mass is 174 g/mol. The average molecular weight is 174 g/mol. The minimum atomic E-state index is -0.0159. The third-order valence-electron chi connectivity index (χ3n) is 1.51. The summed E-state index contributed by atoms with van der Waals surface area (Å²) in [4.78, 5) is 11.0. The lowest BCUT2D eigenvalue weighted by molar-refractivity contribution is -0.120. The Bertz CT molecular complexity index is 128. The van der Waals surface area contributed by atoms with Crippen molar-refractivity contribution in [1.82, 2.24) is 10.6 Å². The highest BCUT2D eigenvalue weighted by molar-refractivity contribution is 5.78. The first-order chi connectivity index (χ1) is 5.70. The van der Waals surface area contributed by atoms with E-state index >= 15 is 0 Å². The highest BCUT2D eigenvalue weighted by Crippen LogP contribution is 1.87. The Balaban J connectivity index is 3.40. The SMILES string of the molecule is CCNCC(=O)NC(C)CCO. The molecular weight excluding hydrogens is 156 g/mol. The molecule has 0 aromatic carbocycles. The maximum absolute atomic E-state index is 11.0. The fraction of sp³-hybridized carbons (Fsp3) is 0.875. The lowest BCUT2D eigenvalue weighted by Gasteiger charge is -2.12. The number of aliphatic hydroxyl groups is 1. The van der Waals surface area contributed by atoms with Gasteiger partial charge in [-0.05, 0) is 19.9 Å². The molecule has 0 rings (SSSR count). The van der Waals surface area contributed by atoms with Crippen LogP contribution in [0.2, 0.25) is 0 Å². The fourth-order valence-corrected chi connectivity index (χ4v) is 0.830. The van der Waals surface area contributed by atoms with Crippen molar-refractivity contribution in [2.45, 2.75) is 26.3 Å². The minimum Gasteiger partial charge on any atom is -0.396 e. The van der Waals surface area contributed by atoms with E-state index in [0.29, 0.717) is 13.0 Å². The number of aliphatic hydroxyl groups excluding tert-OH is 1. The Kier molecular flexibility index (Phi) is 6.70. The molecule has 0 aliphatic carbocycles. The van der Waals surface area contributed by atoms with Crippen molar-refractivity contribution in [1.29, 1.82) is 0 Å². The highest BCUT2D eigenvalue weighted by atomic mass is 16.3. The Morgan fingerprint density at radius 1 is 1.58 bits per heavy atom. The van der Waals surface area contributed by atoms with Gasteiger partial charge in [0.1, 0.15) is 0 Å². The molecule has 4 heteroatoms. The summed E-state index contributed by atoms with van der Waals surface area (Å²) in [5.74, 6) is -0.0159. The van der Waals surface area contributed by atoms with Crippen LogP contribution in [0.3, 0.4) is 0 Å². The Hall–Kier alpha value is -0.610. The molecular formula is C8H18N2O2. The van der Waals surface area contributed by atoms with Crippen LogP contribution in [-0.4, -0.2) is 36.8 Å². The van der Waals surface area contributed by atoms with Crippen LogP contribution in [0.5, 0.6) is 0 Å². The molecule has 0 spiro atoms. The van der Waals surface area contributed by atoms with Crippen molar-refractivity contribution in [2.75, 3.05) is 19.7 Å². The van der Waals surface area contributed by atoms with Crippen molar-refractivity contribution in [3.8, 4) is 0 Å². The maximum Gasteiger partial charge on any atom is 0.234 e. The van der Waals surface area contributed by atoms with E-state index in [0.717, 1.165) is 6.54 Å². The van der Waals surface area contributed by atoms with E-state index in [9.17, 15) is 4.79 Å². The van der Waals surface area contributed by atoms with E-state index in [4.69, 9.17) is 5.11 Å². The molecule has 0 aromatic rings. The first-order valence-corrected chi connectivity index (χ1v) is 4.31. The predicted molar refractivity (Wildman–Crippen MR) is 47.9 cm³/mol. The van der Waals surface area contributed by atoms with Crippen LogP contribution >= 0.6 is 0 Å². The lowest BCUT2D eigenvalue weighted by atomic mass is 10.2. The third kappa shape index (κ3) is 6.12. The number of hydrogen-bond donors (Lipinski definition) is 3. The van der Waals surface area contributed by atoms with Crippen molar-refractivity contribution < 1.29 is 9.90 Å². The van der Waals surface area contributed by atoms with Gasteiger partial charge in [0.15, 0.2) is 0 Å². The number of hydrogen-bond acceptors (Lipinski definition) is 3. The van der Waals surface area contributed by atoms with Gasteiger partial charge < -0.3 is 15.7 Å². The summed E-state index contributed by atoms with van der Waals surface area (Å²) in [5, 5.41) is 14.2. The molecule has 0 saturated carbocycles. The van der Waals surface area contributed by atoms with E-state index < -0.39 is 0 Å². The van der Waals surface area contributed by atoms with Crippen LogP contribution in [0.15, 0.2) is 0 Å². The molecule has 0 fully saturated rings. The molecule has 1 atom stereocenters. The second kappa shape index (κ2) is 7.06. The Morgan fingerprint density at radius 2 is 2.25 bits per heavy atom. The summed E-state index contributed by atoms with van der Waals surface area (Å²) in [6, 6.07) is 0.0566. The van der Waals surface area contributed by atoms with Crippen LogP contribution in [0.4, 0.5) is 0 Å². The second-order valence-electron chi connectivity index (χ2n) is 2.76. The van der Waals surface area contributed by atoms with Crippen LogP contribution in [0.25, 0.3) is 0 Å².